The first kappa shape index (κ1) is 23.5. The highest BCUT2D eigenvalue weighted by molar-refractivity contribution is 7.80. The minimum Gasteiger partial charge on any atom is -0.508 e. The number of carbonyl (C=O) groups is 1. The van der Waals surface area contributed by atoms with Gasteiger partial charge in [-0.05, 0) is 81.2 Å². The van der Waals surface area contributed by atoms with Crippen molar-refractivity contribution in [2.24, 2.45) is 0 Å². The minimum absolute atomic E-state index is 0.00834. The van der Waals surface area contributed by atoms with E-state index in [9.17, 15) is 23.1 Å². The first-order valence-corrected chi connectivity index (χ1v) is 10.4. The fraction of sp³-hybridized carbons (Fsp3) is 0.348. The topological polar surface area (TPSA) is 67.6 Å². The average Bonchev–Trinajstić information content (AvgIpc) is 2.90. The number of phenolic OH excluding ortho intramolecular Hbond substituents is 1. The van der Waals surface area contributed by atoms with Crippen molar-refractivity contribution in [1.82, 2.24) is 4.90 Å². The lowest BCUT2D eigenvalue weighted by molar-refractivity contribution is -0.137. The van der Waals surface area contributed by atoms with E-state index in [2.05, 4.69) is 0 Å². The lowest BCUT2D eigenvalue weighted by Gasteiger charge is -2.29. The van der Waals surface area contributed by atoms with Gasteiger partial charge in [0, 0.05) is 6.54 Å². The Hall–Kier alpha value is -3.12. The van der Waals surface area contributed by atoms with Crippen LogP contribution in [-0.4, -0.2) is 33.1 Å². The molecule has 0 spiro atoms. The van der Waals surface area contributed by atoms with Crippen LogP contribution in [0.4, 0.5) is 18.9 Å². The molecule has 0 unspecified atom stereocenters. The van der Waals surface area contributed by atoms with E-state index in [1.165, 1.54) is 12.1 Å². The second-order valence-electron chi connectivity index (χ2n) is 8.10. The van der Waals surface area contributed by atoms with Gasteiger partial charge >= 0.3 is 6.18 Å². The number of hydrogen-bond acceptors (Lipinski definition) is 4. The Balaban J connectivity index is 1.76. The molecule has 1 aliphatic heterocycles. The van der Waals surface area contributed by atoms with Crippen LogP contribution in [0.1, 0.15) is 43.4 Å². The molecule has 1 saturated heterocycles. The van der Waals surface area contributed by atoms with Crippen molar-refractivity contribution in [2.75, 3.05) is 11.4 Å². The van der Waals surface area contributed by atoms with E-state index in [1.54, 1.807) is 30.9 Å². The van der Waals surface area contributed by atoms with E-state index in [0.717, 1.165) is 35.4 Å². The number of thiocarbonyl (C=S) groups is 1. The zero-order valence-corrected chi connectivity index (χ0v) is 18.4. The summed E-state index contributed by atoms with van der Waals surface area (Å²) in [6.07, 6.45) is -2.42. The van der Waals surface area contributed by atoms with Crippen molar-refractivity contribution in [1.29, 1.82) is 5.26 Å². The third kappa shape index (κ3) is 4.55. The van der Waals surface area contributed by atoms with Crippen molar-refractivity contribution in [3.05, 3.63) is 59.2 Å². The van der Waals surface area contributed by atoms with Crippen molar-refractivity contribution in [2.45, 2.75) is 44.8 Å². The zero-order valence-electron chi connectivity index (χ0n) is 17.6. The summed E-state index contributed by atoms with van der Waals surface area (Å²) in [5.74, 6) is -0.216. The fourth-order valence-electron chi connectivity index (χ4n) is 3.70. The smallest absolute Gasteiger partial charge is 0.417 e. The van der Waals surface area contributed by atoms with Crippen molar-refractivity contribution >= 4 is 28.9 Å². The number of aromatic hydroxyl groups is 1. The molecule has 168 valence electrons. The summed E-state index contributed by atoms with van der Waals surface area (Å²) in [5.41, 5.74) is -1.56. The van der Waals surface area contributed by atoms with E-state index < -0.39 is 28.7 Å². The summed E-state index contributed by atoms with van der Waals surface area (Å²) in [6.45, 7) is 3.85. The van der Waals surface area contributed by atoms with Crippen LogP contribution >= 0.6 is 12.2 Å². The molecule has 1 amide bonds. The van der Waals surface area contributed by atoms with Crippen LogP contribution in [0.2, 0.25) is 0 Å². The van der Waals surface area contributed by atoms with Crippen LogP contribution < -0.4 is 4.90 Å². The number of rotatable bonds is 6. The molecule has 1 heterocycles. The Morgan fingerprint density at radius 2 is 1.78 bits per heavy atom. The Morgan fingerprint density at radius 1 is 1.12 bits per heavy atom. The standard InChI is InChI=1S/C23H22F3N3O2S/c1-22(2)20(31)29(17-9-8-16(14-27)19(13-17)23(24,25)26)21(32)28(22)12-4-3-5-15-6-10-18(30)11-7-15/h6-11,13,30H,3-5,12H2,1-2H3. The summed E-state index contributed by atoms with van der Waals surface area (Å²) in [6, 6.07) is 11.6. The molecule has 0 aliphatic carbocycles. The molecular formula is C23H22F3N3O2S. The number of hydrogen-bond donors (Lipinski definition) is 1. The monoisotopic (exact) mass is 461 g/mol. The zero-order chi connectivity index (χ0) is 23.7. The summed E-state index contributed by atoms with van der Waals surface area (Å²) in [4.78, 5) is 15.9. The van der Waals surface area contributed by atoms with Gasteiger partial charge in [-0.1, -0.05) is 12.1 Å². The summed E-state index contributed by atoms with van der Waals surface area (Å²) >= 11 is 5.48. The molecule has 2 aromatic rings. The average molecular weight is 462 g/mol. The van der Waals surface area contributed by atoms with Gasteiger partial charge in [0.2, 0.25) is 0 Å². The fourth-order valence-corrected chi connectivity index (χ4v) is 4.21. The Kier molecular flexibility index (Phi) is 6.46. The molecule has 0 saturated carbocycles. The van der Waals surface area contributed by atoms with Gasteiger partial charge in [0.1, 0.15) is 11.3 Å². The van der Waals surface area contributed by atoms with Crippen LogP contribution in [0.3, 0.4) is 0 Å². The van der Waals surface area contributed by atoms with Gasteiger partial charge in [-0.15, -0.1) is 0 Å². The van der Waals surface area contributed by atoms with Crippen LogP contribution in [-0.2, 0) is 17.4 Å². The molecule has 3 rings (SSSR count). The third-order valence-electron chi connectivity index (χ3n) is 5.54. The largest absolute Gasteiger partial charge is 0.508 e. The molecule has 9 heteroatoms. The van der Waals surface area contributed by atoms with Crippen LogP contribution in [0.25, 0.3) is 0 Å². The number of aryl methyl sites for hydroxylation is 1. The Bertz CT molecular complexity index is 1080. The van der Waals surface area contributed by atoms with Gasteiger partial charge in [-0.25, -0.2) is 0 Å². The van der Waals surface area contributed by atoms with Gasteiger partial charge in [0.25, 0.3) is 5.91 Å². The number of alkyl halides is 3. The first-order valence-electron chi connectivity index (χ1n) is 10.0. The third-order valence-corrected chi connectivity index (χ3v) is 5.95. The van der Waals surface area contributed by atoms with Crippen molar-refractivity contribution < 1.29 is 23.1 Å². The second kappa shape index (κ2) is 8.79. The van der Waals surface area contributed by atoms with E-state index >= 15 is 0 Å². The van der Waals surface area contributed by atoms with Crippen LogP contribution in [0.5, 0.6) is 5.75 Å². The highest BCUT2D eigenvalue weighted by Gasteiger charge is 2.49. The Labute approximate surface area is 189 Å². The molecule has 0 radical (unpaired) electrons. The summed E-state index contributed by atoms with van der Waals surface area (Å²) in [7, 11) is 0. The number of nitrogens with zero attached hydrogens (tertiary/aromatic N) is 3. The highest BCUT2D eigenvalue weighted by atomic mass is 32.1. The highest BCUT2D eigenvalue weighted by Crippen LogP contribution is 2.38. The molecular weight excluding hydrogens is 439 g/mol. The molecule has 1 aliphatic rings. The van der Waals surface area contributed by atoms with Gasteiger partial charge in [0.05, 0.1) is 22.9 Å². The second-order valence-corrected chi connectivity index (χ2v) is 8.46. The van der Waals surface area contributed by atoms with Gasteiger partial charge < -0.3 is 10.0 Å². The van der Waals surface area contributed by atoms with E-state index in [-0.39, 0.29) is 16.5 Å². The molecule has 1 fully saturated rings. The number of benzene rings is 2. The predicted octanol–water partition coefficient (Wildman–Crippen LogP) is 5.02. The maximum Gasteiger partial charge on any atom is 0.417 e. The van der Waals surface area contributed by atoms with Gasteiger partial charge in [0.15, 0.2) is 5.11 Å². The maximum atomic E-state index is 13.4. The van der Waals surface area contributed by atoms with Crippen molar-refractivity contribution in [3.63, 3.8) is 0 Å². The van der Waals surface area contributed by atoms with E-state index in [4.69, 9.17) is 17.5 Å². The normalized spacial score (nSPS) is 15.9. The number of anilines is 1. The molecule has 0 bridgehead atoms. The molecule has 1 N–H and O–H groups in total. The molecule has 5 nitrogen and oxygen atoms in total. The minimum atomic E-state index is -4.73. The first-order chi connectivity index (χ1) is 15.0. The van der Waals surface area contributed by atoms with E-state index in [0.29, 0.717) is 13.0 Å². The molecule has 0 atom stereocenters. The van der Waals surface area contributed by atoms with Crippen LogP contribution in [0.15, 0.2) is 42.5 Å². The summed E-state index contributed by atoms with van der Waals surface area (Å²) in [5, 5.41) is 18.5. The predicted molar refractivity (Wildman–Crippen MR) is 118 cm³/mol. The lowest BCUT2D eigenvalue weighted by Crippen LogP contribution is -2.44. The maximum absolute atomic E-state index is 13.4. The number of unbranched alkanes of at least 4 members (excludes halogenated alkanes) is 1. The van der Waals surface area contributed by atoms with Crippen LogP contribution in [0, 0.1) is 11.3 Å². The molecule has 0 aromatic heterocycles. The number of amides is 1. The van der Waals surface area contributed by atoms with Gasteiger partial charge in [-0.2, -0.15) is 18.4 Å². The lowest BCUT2D eigenvalue weighted by atomic mass is 10.0. The number of halogens is 3. The molecule has 32 heavy (non-hydrogen) atoms. The SMILES string of the molecule is CC1(C)C(=O)N(c2ccc(C#N)c(C(F)(F)F)c2)C(=S)N1CCCCc1ccc(O)cc1. The van der Waals surface area contributed by atoms with Crippen molar-refractivity contribution in [3.8, 4) is 11.8 Å². The number of nitriles is 1. The summed E-state index contributed by atoms with van der Waals surface area (Å²) < 4.78 is 40.1. The molecule has 2 aromatic carbocycles. The van der Waals surface area contributed by atoms with E-state index in [1.807, 2.05) is 12.1 Å². The number of phenols is 1. The Morgan fingerprint density at radius 3 is 2.38 bits per heavy atom. The number of carbonyl (C=O) groups excluding carboxylic acids is 1. The van der Waals surface area contributed by atoms with Gasteiger partial charge in [-0.3, -0.25) is 9.69 Å². The quantitative estimate of drug-likeness (QED) is 0.484.